The van der Waals surface area contributed by atoms with Crippen LogP contribution in [0.4, 0.5) is 0 Å². The third-order valence-electron chi connectivity index (χ3n) is 7.10. The van der Waals surface area contributed by atoms with Gasteiger partial charge in [0.1, 0.15) is 11.8 Å². The summed E-state index contributed by atoms with van der Waals surface area (Å²) in [4.78, 5) is 28.9. The van der Waals surface area contributed by atoms with Crippen molar-refractivity contribution in [2.24, 2.45) is 0 Å². The maximum Gasteiger partial charge on any atom is 0.241 e. The molecule has 1 aromatic heterocycles. The second-order valence-corrected chi connectivity index (χ2v) is 11.2. The van der Waals surface area contributed by atoms with E-state index in [9.17, 15) is 18.0 Å². The van der Waals surface area contributed by atoms with Crippen LogP contribution in [0.25, 0.3) is 21.7 Å². The SMILES string of the molecule is O=C[C@H](Cc1c[nH]c2ccccc12)NC(=O)C1(NS(=O)(=O)c2ccc3ccccc3c2)CCCCC1. The zero-order valence-corrected chi connectivity index (χ0v) is 20.7. The predicted octanol–water partition coefficient (Wildman–Crippen LogP) is 4.23. The standard InChI is InChI=1S/C28H29N3O4S/c32-19-23(16-22-18-29-26-11-5-4-10-25(22)26)30-27(33)28(14-6-1-7-15-28)31-36(34,35)24-13-12-20-8-2-3-9-21(20)17-24/h2-5,8-13,17-19,23,29,31H,1,6-7,14-16H2,(H,30,33)/t23-/m0/s1. The van der Waals surface area contributed by atoms with Crippen molar-refractivity contribution in [1.82, 2.24) is 15.0 Å². The van der Waals surface area contributed by atoms with Crippen molar-refractivity contribution >= 4 is 43.9 Å². The van der Waals surface area contributed by atoms with E-state index < -0.39 is 27.5 Å². The van der Waals surface area contributed by atoms with Gasteiger partial charge in [-0.1, -0.05) is 67.8 Å². The van der Waals surface area contributed by atoms with Gasteiger partial charge in [-0.25, -0.2) is 8.42 Å². The molecule has 0 radical (unpaired) electrons. The molecule has 8 heteroatoms. The summed E-state index contributed by atoms with van der Waals surface area (Å²) in [5, 5.41) is 5.57. The van der Waals surface area contributed by atoms with E-state index in [-0.39, 0.29) is 4.90 Å². The normalized spacial score (nSPS) is 16.6. The molecule has 1 fully saturated rings. The third kappa shape index (κ3) is 4.79. The van der Waals surface area contributed by atoms with Crippen LogP contribution in [0.15, 0.2) is 77.8 Å². The molecule has 1 amide bonds. The van der Waals surface area contributed by atoms with Crippen molar-refractivity contribution in [3.05, 3.63) is 78.5 Å². The maximum absolute atomic E-state index is 13.6. The first-order valence-electron chi connectivity index (χ1n) is 12.2. The van der Waals surface area contributed by atoms with Crippen LogP contribution in [0.3, 0.4) is 0 Å². The van der Waals surface area contributed by atoms with Gasteiger partial charge in [0, 0.05) is 23.5 Å². The lowest BCUT2D eigenvalue weighted by Crippen LogP contribution is -2.61. The Morgan fingerprint density at radius 3 is 2.47 bits per heavy atom. The number of rotatable bonds is 8. The van der Waals surface area contributed by atoms with E-state index in [0.717, 1.165) is 46.5 Å². The molecule has 1 saturated carbocycles. The minimum Gasteiger partial charge on any atom is -0.361 e. The summed E-state index contributed by atoms with van der Waals surface area (Å²) < 4.78 is 29.6. The first kappa shape index (κ1) is 24.2. The minimum absolute atomic E-state index is 0.115. The molecule has 4 aromatic rings. The van der Waals surface area contributed by atoms with Gasteiger partial charge in [0.25, 0.3) is 0 Å². The summed E-state index contributed by atoms with van der Waals surface area (Å²) in [5.41, 5.74) is 0.567. The van der Waals surface area contributed by atoms with E-state index in [1.807, 2.05) is 54.7 Å². The molecule has 3 N–H and O–H groups in total. The van der Waals surface area contributed by atoms with Gasteiger partial charge in [-0.15, -0.1) is 0 Å². The van der Waals surface area contributed by atoms with Crippen molar-refractivity contribution in [3.8, 4) is 0 Å². The number of fused-ring (bicyclic) bond motifs is 2. The van der Waals surface area contributed by atoms with Crippen LogP contribution < -0.4 is 10.0 Å². The molecule has 0 aliphatic heterocycles. The van der Waals surface area contributed by atoms with Gasteiger partial charge in [0.15, 0.2) is 0 Å². The Balaban J connectivity index is 1.39. The summed E-state index contributed by atoms with van der Waals surface area (Å²) in [6.45, 7) is 0. The Labute approximate surface area is 210 Å². The number of amides is 1. The molecule has 0 unspecified atom stereocenters. The number of hydrogen-bond donors (Lipinski definition) is 3. The van der Waals surface area contributed by atoms with Crippen LogP contribution >= 0.6 is 0 Å². The van der Waals surface area contributed by atoms with Crippen LogP contribution in [0, 0.1) is 0 Å². The van der Waals surface area contributed by atoms with Crippen molar-refractivity contribution in [3.63, 3.8) is 0 Å². The van der Waals surface area contributed by atoms with Crippen molar-refractivity contribution in [1.29, 1.82) is 0 Å². The van der Waals surface area contributed by atoms with E-state index in [0.29, 0.717) is 25.5 Å². The van der Waals surface area contributed by atoms with Gasteiger partial charge < -0.3 is 15.1 Å². The van der Waals surface area contributed by atoms with Crippen molar-refractivity contribution in [2.45, 2.75) is 55.0 Å². The monoisotopic (exact) mass is 503 g/mol. The summed E-state index contributed by atoms with van der Waals surface area (Å²) in [5.74, 6) is -0.455. The highest BCUT2D eigenvalue weighted by Gasteiger charge is 2.43. The molecule has 1 aliphatic carbocycles. The zero-order valence-electron chi connectivity index (χ0n) is 19.9. The number of aromatic amines is 1. The highest BCUT2D eigenvalue weighted by molar-refractivity contribution is 7.89. The molecule has 0 saturated heterocycles. The Morgan fingerprint density at radius 1 is 0.972 bits per heavy atom. The summed E-state index contributed by atoms with van der Waals surface area (Å²) in [6.07, 6.45) is 6.00. The molecule has 1 atom stereocenters. The molecule has 7 nitrogen and oxygen atoms in total. The Morgan fingerprint density at radius 2 is 1.69 bits per heavy atom. The molecule has 3 aromatic carbocycles. The summed E-state index contributed by atoms with van der Waals surface area (Å²) in [6, 6.07) is 19.5. The number of para-hydroxylation sites is 1. The molecular formula is C28H29N3O4S. The van der Waals surface area contributed by atoms with Crippen LogP contribution in [-0.4, -0.2) is 37.2 Å². The average molecular weight is 504 g/mol. The number of benzene rings is 3. The zero-order chi connectivity index (χ0) is 25.2. The lowest BCUT2D eigenvalue weighted by molar-refractivity contribution is -0.130. The summed E-state index contributed by atoms with van der Waals surface area (Å²) in [7, 11) is -3.98. The predicted molar refractivity (Wildman–Crippen MR) is 140 cm³/mol. The van der Waals surface area contributed by atoms with Gasteiger partial charge in [0.05, 0.1) is 10.9 Å². The number of H-pyrrole nitrogens is 1. The number of carbonyl (C=O) groups excluding carboxylic acids is 2. The number of aromatic nitrogens is 1. The highest BCUT2D eigenvalue weighted by atomic mass is 32.2. The highest BCUT2D eigenvalue weighted by Crippen LogP contribution is 2.31. The van der Waals surface area contributed by atoms with Crippen LogP contribution in [0.2, 0.25) is 0 Å². The largest absolute Gasteiger partial charge is 0.361 e. The second kappa shape index (κ2) is 9.87. The van der Waals surface area contributed by atoms with Gasteiger partial charge in [-0.2, -0.15) is 4.72 Å². The maximum atomic E-state index is 13.6. The van der Waals surface area contributed by atoms with Gasteiger partial charge in [-0.3, -0.25) is 4.79 Å². The fraction of sp³-hybridized carbons (Fsp3) is 0.286. The fourth-order valence-electron chi connectivity index (χ4n) is 5.16. The molecule has 186 valence electrons. The van der Waals surface area contributed by atoms with Crippen molar-refractivity contribution < 1.29 is 18.0 Å². The third-order valence-corrected chi connectivity index (χ3v) is 8.63. The van der Waals surface area contributed by atoms with Crippen LogP contribution in [-0.2, 0) is 26.0 Å². The number of aldehydes is 1. The molecule has 1 heterocycles. The number of sulfonamides is 1. The quantitative estimate of drug-likeness (QED) is 0.313. The smallest absolute Gasteiger partial charge is 0.241 e. The van der Waals surface area contributed by atoms with E-state index in [2.05, 4.69) is 15.0 Å². The lowest BCUT2D eigenvalue weighted by Gasteiger charge is -2.37. The van der Waals surface area contributed by atoms with Crippen LogP contribution in [0.1, 0.15) is 37.7 Å². The molecule has 36 heavy (non-hydrogen) atoms. The molecule has 5 rings (SSSR count). The van der Waals surface area contributed by atoms with Gasteiger partial charge >= 0.3 is 0 Å². The van der Waals surface area contributed by atoms with Crippen LogP contribution in [0.5, 0.6) is 0 Å². The number of carbonyl (C=O) groups is 2. The Bertz CT molecular complexity index is 1520. The van der Waals surface area contributed by atoms with E-state index in [1.54, 1.807) is 18.2 Å². The van der Waals surface area contributed by atoms with Gasteiger partial charge in [-0.05, 0) is 47.4 Å². The minimum atomic E-state index is -3.98. The van der Waals surface area contributed by atoms with Gasteiger partial charge in [0.2, 0.25) is 15.9 Å². The first-order valence-corrected chi connectivity index (χ1v) is 13.7. The molecular weight excluding hydrogens is 474 g/mol. The molecule has 0 bridgehead atoms. The molecule has 1 aliphatic rings. The van der Waals surface area contributed by atoms with E-state index in [1.165, 1.54) is 0 Å². The molecule has 0 spiro atoms. The number of hydrogen-bond acceptors (Lipinski definition) is 4. The number of nitrogens with one attached hydrogen (secondary N) is 3. The topological polar surface area (TPSA) is 108 Å². The Kier molecular flexibility index (Phi) is 6.64. The fourth-order valence-corrected chi connectivity index (χ4v) is 6.62. The average Bonchev–Trinajstić information content (AvgIpc) is 3.31. The summed E-state index contributed by atoms with van der Waals surface area (Å²) >= 11 is 0. The van der Waals surface area contributed by atoms with E-state index >= 15 is 0 Å². The lowest BCUT2D eigenvalue weighted by atomic mass is 9.81. The second-order valence-electron chi connectivity index (χ2n) is 9.54. The van der Waals surface area contributed by atoms with E-state index in [4.69, 9.17) is 0 Å². The first-order chi connectivity index (χ1) is 17.4. The van der Waals surface area contributed by atoms with Crippen molar-refractivity contribution in [2.75, 3.05) is 0 Å². The Hall–Kier alpha value is -3.49.